The van der Waals surface area contributed by atoms with E-state index in [0.29, 0.717) is 24.7 Å². The maximum Gasteiger partial charge on any atom is 0.252 e. The molecular weight excluding hydrogens is 328 g/mol. The first kappa shape index (κ1) is 18.8. The number of aromatic nitrogens is 1. The third-order valence-corrected chi connectivity index (χ3v) is 5.55. The summed E-state index contributed by atoms with van der Waals surface area (Å²) in [5, 5.41) is 5.80. The monoisotopic (exact) mass is 358 g/mol. The molecular formula is C20H30N4O2. The SMILES string of the molecule is O=C(NCCNC(=O)C1CCCN(C2CCCCC2)C1)c1cccnc1. The van der Waals surface area contributed by atoms with Gasteiger partial charge in [-0.3, -0.25) is 19.5 Å². The highest BCUT2D eigenvalue weighted by molar-refractivity contribution is 5.93. The van der Waals surface area contributed by atoms with Gasteiger partial charge in [-0.1, -0.05) is 19.3 Å². The molecule has 2 heterocycles. The number of pyridine rings is 1. The molecule has 0 spiro atoms. The maximum atomic E-state index is 12.5. The van der Waals surface area contributed by atoms with Gasteiger partial charge < -0.3 is 10.6 Å². The Kier molecular flexibility index (Phi) is 7.00. The van der Waals surface area contributed by atoms with Crippen molar-refractivity contribution in [3.05, 3.63) is 30.1 Å². The molecule has 1 atom stereocenters. The van der Waals surface area contributed by atoms with Crippen molar-refractivity contribution in [1.29, 1.82) is 0 Å². The molecule has 142 valence electrons. The van der Waals surface area contributed by atoms with Crippen LogP contribution < -0.4 is 10.6 Å². The third-order valence-electron chi connectivity index (χ3n) is 5.55. The quantitative estimate of drug-likeness (QED) is 0.763. The minimum Gasteiger partial charge on any atom is -0.354 e. The highest BCUT2D eigenvalue weighted by Crippen LogP contribution is 2.27. The summed E-state index contributed by atoms with van der Waals surface area (Å²) in [7, 11) is 0. The number of nitrogens with one attached hydrogen (secondary N) is 2. The fourth-order valence-electron chi connectivity index (χ4n) is 4.10. The van der Waals surface area contributed by atoms with Crippen LogP contribution in [0.25, 0.3) is 0 Å². The molecule has 3 rings (SSSR count). The smallest absolute Gasteiger partial charge is 0.252 e. The molecule has 0 bridgehead atoms. The van der Waals surface area contributed by atoms with Crippen LogP contribution in [0.5, 0.6) is 0 Å². The highest BCUT2D eigenvalue weighted by Gasteiger charge is 2.30. The number of likely N-dealkylation sites (tertiary alicyclic amines) is 1. The van der Waals surface area contributed by atoms with Gasteiger partial charge in [0.15, 0.2) is 0 Å². The van der Waals surface area contributed by atoms with Gasteiger partial charge >= 0.3 is 0 Å². The second kappa shape index (κ2) is 9.67. The van der Waals surface area contributed by atoms with Crippen molar-refractivity contribution in [3.8, 4) is 0 Å². The molecule has 0 radical (unpaired) electrons. The number of hydrogen-bond acceptors (Lipinski definition) is 4. The van der Waals surface area contributed by atoms with Crippen LogP contribution in [-0.4, -0.2) is 53.9 Å². The van der Waals surface area contributed by atoms with E-state index in [1.54, 1.807) is 18.3 Å². The predicted molar refractivity (Wildman–Crippen MR) is 101 cm³/mol. The topological polar surface area (TPSA) is 74.3 Å². The lowest BCUT2D eigenvalue weighted by Crippen LogP contribution is -2.48. The summed E-state index contributed by atoms with van der Waals surface area (Å²) in [6, 6.07) is 4.14. The van der Waals surface area contributed by atoms with E-state index in [1.807, 2.05) is 0 Å². The fraction of sp³-hybridized carbons (Fsp3) is 0.650. The van der Waals surface area contributed by atoms with Crippen LogP contribution in [0.2, 0.25) is 0 Å². The van der Waals surface area contributed by atoms with Gasteiger partial charge in [0.05, 0.1) is 11.5 Å². The second-order valence-electron chi connectivity index (χ2n) is 7.41. The van der Waals surface area contributed by atoms with Crippen molar-refractivity contribution in [3.63, 3.8) is 0 Å². The minimum atomic E-state index is -0.159. The first-order chi connectivity index (χ1) is 12.7. The molecule has 1 saturated heterocycles. The molecule has 1 saturated carbocycles. The average molecular weight is 358 g/mol. The van der Waals surface area contributed by atoms with Gasteiger partial charge in [-0.25, -0.2) is 0 Å². The minimum absolute atomic E-state index is 0.0831. The van der Waals surface area contributed by atoms with Crippen LogP contribution in [0, 0.1) is 5.92 Å². The summed E-state index contributed by atoms with van der Waals surface area (Å²) in [5.41, 5.74) is 0.536. The zero-order chi connectivity index (χ0) is 18.2. The van der Waals surface area contributed by atoms with E-state index in [1.165, 1.54) is 38.3 Å². The van der Waals surface area contributed by atoms with Crippen LogP contribution in [0.1, 0.15) is 55.3 Å². The summed E-state index contributed by atoms with van der Waals surface area (Å²) >= 11 is 0. The molecule has 0 aromatic carbocycles. The van der Waals surface area contributed by atoms with Crippen LogP contribution in [0.15, 0.2) is 24.5 Å². The maximum absolute atomic E-state index is 12.5. The van der Waals surface area contributed by atoms with Gasteiger partial charge in [-0.2, -0.15) is 0 Å². The van der Waals surface area contributed by atoms with E-state index in [4.69, 9.17) is 0 Å². The molecule has 1 aromatic rings. The number of hydrogen-bond donors (Lipinski definition) is 2. The molecule has 6 heteroatoms. The Balaban J connectivity index is 1.37. The van der Waals surface area contributed by atoms with E-state index in [2.05, 4.69) is 20.5 Å². The van der Waals surface area contributed by atoms with Crippen molar-refractivity contribution in [1.82, 2.24) is 20.5 Å². The molecule has 2 fully saturated rings. The molecule has 2 aliphatic rings. The van der Waals surface area contributed by atoms with Gasteiger partial charge in [0.25, 0.3) is 5.91 Å². The molecule has 2 amide bonds. The molecule has 1 aliphatic carbocycles. The van der Waals surface area contributed by atoms with E-state index < -0.39 is 0 Å². The van der Waals surface area contributed by atoms with Crippen molar-refractivity contribution in [2.75, 3.05) is 26.2 Å². The van der Waals surface area contributed by atoms with E-state index in [0.717, 1.165) is 25.9 Å². The normalized spacial score (nSPS) is 21.9. The molecule has 1 aromatic heterocycles. The number of piperidine rings is 1. The summed E-state index contributed by atoms with van der Waals surface area (Å²) in [6.07, 6.45) is 11.8. The van der Waals surface area contributed by atoms with Crippen molar-refractivity contribution < 1.29 is 9.59 Å². The molecule has 6 nitrogen and oxygen atoms in total. The Bertz CT molecular complexity index is 587. The van der Waals surface area contributed by atoms with E-state index in [9.17, 15) is 9.59 Å². The second-order valence-corrected chi connectivity index (χ2v) is 7.41. The van der Waals surface area contributed by atoms with Crippen LogP contribution >= 0.6 is 0 Å². The van der Waals surface area contributed by atoms with Crippen LogP contribution in [0.4, 0.5) is 0 Å². The van der Waals surface area contributed by atoms with E-state index >= 15 is 0 Å². The Morgan fingerprint density at radius 3 is 2.65 bits per heavy atom. The highest BCUT2D eigenvalue weighted by atomic mass is 16.2. The summed E-state index contributed by atoms with van der Waals surface area (Å²) in [4.78, 5) is 30.9. The van der Waals surface area contributed by atoms with Crippen molar-refractivity contribution in [2.45, 2.75) is 51.0 Å². The Morgan fingerprint density at radius 2 is 1.88 bits per heavy atom. The lowest BCUT2D eigenvalue weighted by atomic mass is 9.90. The lowest BCUT2D eigenvalue weighted by Gasteiger charge is -2.39. The lowest BCUT2D eigenvalue weighted by molar-refractivity contribution is -0.127. The largest absolute Gasteiger partial charge is 0.354 e. The van der Waals surface area contributed by atoms with E-state index in [-0.39, 0.29) is 17.7 Å². The van der Waals surface area contributed by atoms with Gasteiger partial charge in [-0.15, -0.1) is 0 Å². The van der Waals surface area contributed by atoms with Gasteiger partial charge in [0, 0.05) is 38.1 Å². The van der Waals surface area contributed by atoms with Gasteiger partial charge in [0.1, 0.15) is 0 Å². The summed E-state index contributed by atoms with van der Waals surface area (Å²) in [6.45, 7) is 2.91. The summed E-state index contributed by atoms with van der Waals surface area (Å²) < 4.78 is 0. The molecule has 2 N–H and O–H groups in total. The Hall–Kier alpha value is -1.95. The van der Waals surface area contributed by atoms with Crippen molar-refractivity contribution in [2.24, 2.45) is 5.92 Å². The third kappa shape index (κ3) is 5.27. The van der Waals surface area contributed by atoms with Crippen LogP contribution in [-0.2, 0) is 4.79 Å². The fourth-order valence-corrected chi connectivity index (χ4v) is 4.10. The average Bonchev–Trinajstić information content (AvgIpc) is 2.72. The Morgan fingerprint density at radius 1 is 1.08 bits per heavy atom. The van der Waals surface area contributed by atoms with Crippen LogP contribution in [0.3, 0.4) is 0 Å². The van der Waals surface area contributed by atoms with Gasteiger partial charge in [0.2, 0.25) is 5.91 Å². The Labute approximate surface area is 155 Å². The first-order valence-corrected chi connectivity index (χ1v) is 9.94. The zero-order valence-electron chi connectivity index (χ0n) is 15.5. The number of carbonyl (C=O) groups is 2. The standard InChI is InChI=1S/C20H30N4O2/c25-19(16-6-4-10-21-14-16)22-11-12-23-20(26)17-7-5-13-24(15-17)18-8-2-1-3-9-18/h4,6,10,14,17-18H,1-3,5,7-9,11-13,15H2,(H,22,25)(H,23,26). The zero-order valence-corrected chi connectivity index (χ0v) is 15.5. The predicted octanol–water partition coefficient (Wildman–Crippen LogP) is 1.97. The number of nitrogens with zero attached hydrogens (tertiary/aromatic N) is 2. The molecule has 26 heavy (non-hydrogen) atoms. The van der Waals surface area contributed by atoms with Gasteiger partial charge in [-0.05, 0) is 44.4 Å². The number of rotatable bonds is 6. The van der Waals surface area contributed by atoms with Crippen molar-refractivity contribution >= 4 is 11.8 Å². The summed E-state index contributed by atoms with van der Waals surface area (Å²) in [5.74, 6) is 0.0503. The molecule has 1 unspecified atom stereocenters. The number of carbonyl (C=O) groups excluding carboxylic acids is 2. The first-order valence-electron chi connectivity index (χ1n) is 9.94. The molecule has 1 aliphatic heterocycles. The number of amides is 2.